The zero-order valence-electron chi connectivity index (χ0n) is 16.4. The van der Waals surface area contributed by atoms with Crippen molar-refractivity contribution in [2.24, 2.45) is 4.99 Å². The van der Waals surface area contributed by atoms with Crippen LogP contribution in [-0.2, 0) is 4.74 Å². The Labute approximate surface area is 161 Å². The third-order valence-corrected chi connectivity index (χ3v) is 3.73. The molecule has 0 atom stereocenters. The van der Waals surface area contributed by atoms with E-state index in [9.17, 15) is 0 Å². The summed E-state index contributed by atoms with van der Waals surface area (Å²) in [5.41, 5.74) is -0.228. The van der Waals surface area contributed by atoms with Crippen LogP contribution in [-0.4, -0.2) is 61.8 Å². The molecular weight excluding hydrogens is 403 g/mol. The molecule has 0 rings (SSSR count). The summed E-state index contributed by atoms with van der Waals surface area (Å²) in [4.78, 5) is 7.11. The van der Waals surface area contributed by atoms with Gasteiger partial charge in [0.15, 0.2) is 5.96 Å². The first-order valence-corrected chi connectivity index (χ1v) is 8.56. The van der Waals surface area contributed by atoms with E-state index in [0.717, 1.165) is 32.0 Å². The fraction of sp³-hybridized carbons (Fsp3) is 0.941. The Kier molecular flexibility index (Phi) is 14.5. The summed E-state index contributed by atoms with van der Waals surface area (Å²) in [6.45, 7) is 18.7. The summed E-state index contributed by atoms with van der Waals surface area (Å²) < 4.78 is 5.41. The molecule has 6 heteroatoms. The van der Waals surface area contributed by atoms with E-state index in [2.05, 4.69) is 55.1 Å². The first-order chi connectivity index (χ1) is 10.2. The van der Waals surface area contributed by atoms with Crippen LogP contribution in [0, 0.1) is 0 Å². The maximum absolute atomic E-state index is 5.41. The molecule has 0 aliphatic heterocycles. The number of hydrogen-bond donors (Lipinski definition) is 2. The smallest absolute Gasteiger partial charge is 0.191 e. The zero-order chi connectivity index (χ0) is 17.2. The molecule has 0 aliphatic carbocycles. The van der Waals surface area contributed by atoms with Crippen LogP contribution >= 0.6 is 24.0 Å². The van der Waals surface area contributed by atoms with Gasteiger partial charge in [0.25, 0.3) is 0 Å². The highest BCUT2D eigenvalue weighted by molar-refractivity contribution is 14.0. The van der Waals surface area contributed by atoms with Crippen molar-refractivity contribution < 1.29 is 4.74 Å². The topological polar surface area (TPSA) is 48.9 Å². The van der Waals surface area contributed by atoms with Crippen molar-refractivity contribution in [2.75, 3.05) is 33.3 Å². The second-order valence-corrected chi connectivity index (χ2v) is 6.86. The van der Waals surface area contributed by atoms with Crippen LogP contribution in [0.4, 0.5) is 0 Å². The minimum atomic E-state index is -0.228. The summed E-state index contributed by atoms with van der Waals surface area (Å²) >= 11 is 0. The molecule has 0 aromatic heterocycles. The van der Waals surface area contributed by atoms with Gasteiger partial charge < -0.3 is 15.4 Å². The number of ether oxygens (including phenoxy) is 1. The Balaban J connectivity index is 0. The molecule has 0 saturated carbocycles. The Bertz CT molecular complexity index is 312. The van der Waals surface area contributed by atoms with Gasteiger partial charge in [0.1, 0.15) is 0 Å². The molecule has 0 aliphatic rings. The molecule has 0 heterocycles. The van der Waals surface area contributed by atoms with E-state index in [0.29, 0.717) is 18.6 Å². The van der Waals surface area contributed by atoms with E-state index < -0.39 is 0 Å². The normalized spacial score (nSPS) is 12.7. The Morgan fingerprint density at radius 2 is 1.70 bits per heavy atom. The highest BCUT2D eigenvalue weighted by Crippen LogP contribution is 2.07. The first kappa shape index (κ1) is 25.2. The minimum absolute atomic E-state index is 0. The lowest BCUT2D eigenvalue weighted by molar-refractivity contribution is 0.0310. The molecule has 0 aromatic carbocycles. The molecule has 0 saturated heterocycles. The van der Waals surface area contributed by atoms with E-state index in [1.165, 1.54) is 0 Å². The standard InChI is InChI=1S/C17H38N4O.HI/c1-9-18-16(20-13-17(6,7)22-8)19-11-10-12-21(14(2)3)15(4)5;/h14-15H,9-13H2,1-8H3,(H2,18,19,20);1H. The predicted octanol–water partition coefficient (Wildman–Crippen LogP) is 3.09. The summed E-state index contributed by atoms with van der Waals surface area (Å²) in [6.07, 6.45) is 1.11. The van der Waals surface area contributed by atoms with Gasteiger partial charge in [-0.1, -0.05) is 0 Å². The Morgan fingerprint density at radius 1 is 1.13 bits per heavy atom. The highest BCUT2D eigenvalue weighted by atomic mass is 127. The van der Waals surface area contributed by atoms with Gasteiger partial charge in [-0.15, -0.1) is 24.0 Å². The van der Waals surface area contributed by atoms with Crippen LogP contribution in [0.5, 0.6) is 0 Å². The summed E-state index contributed by atoms with van der Waals surface area (Å²) in [5.74, 6) is 0.869. The minimum Gasteiger partial charge on any atom is -0.377 e. The van der Waals surface area contributed by atoms with Gasteiger partial charge in [0.2, 0.25) is 0 Å². The van der Waals surface area contributed by atoms with Gasteiger partial charge in [0.05, 0.1) is 12.1 Å². The van der Waals surface area contributed by atoms with Gasteiger partial charge in [-0.2, -0.15) is 0 Å². The maximum Gasteiger partial charge on any atom is 0.191 e. The van der Waals surface area contributed by atoms with E-state index in [4.69, 9.17) is 4.74 Å². The van der Waals surface area contributed by atoms with Gasteiger partial charge >= 0.3 is 0 Å². The van der Waals surface area contributed by atoms with Crippen LogP contribution in [0.25, 0.3) is 0 Å². The van der Waals surface area contributed by atoms with Gasteiger partial charge in [-0.25, -0.2) is 0 Å². The zero-order valence-corrected chi connectivity index (χ0v) is 18.7. The molecule has 0 bridgehead atoms. The maximum atomic E-state index is 5.41. The number of nitrogens with zero attached hydrogens (tertiary/aromatic N) is 2. The third kappa shape index (κ3) is 12.0. The SMILES string of the molecule is CCNC(=NCC(C)(C)OC)NCCCN(C(C)C)C(C)C.I. The molecule has 0 radical (unpaired) electrons. The average molecular weight is 442 g/mol. The van der Waals surface area contributed by atoms with Gasteiger partial charge in [-0.3, -0.25) is 9.89 Å². The summed E-state index contributed by atoms with van der Waals surface area (Å²) in [7, 11) is 1.72. The lowest BCUT2D eigenvalue weighted by Gasteiger charge is -2.30. The molecule has 0 aromatic rings. The molecule has 0 fully saturated rings. The second kappa shape index (κ2) is 13.2. The van der Waals surface area contributed by atoms with Crippen molar-refractivity contribution in [3.63, 3.8) is 0 Å². The van der Waals surface area contributed by atoms with E-state index in [1.54, 1.807) is 7.11 Å². The van der Waals surface area contributed by atoms with Crippen LogP contribution in [0.2, 0.25) is 0 Å². The van der Waals surface area contributed by atoms with Crippen LogP contribution in [0.3, 0.4) is 0 Å². The molecule has 0 amide bonds. The number of halogens is 1. The number of methoxy groups -OCH3 is 1. The monoisotopic (exact) mass is 442 g/mol. The number of rotatable bonds is 10. The Hall–Kier alpha value is -0.0800. The average Bonchev–Trinajstić information content (AvgIpc) is 2.43. The number of nitrogens with one attached hydrogen (secondary N) is 2. The van der Waals surface area contributed by atoms with Crippen molar-refractivity contribution in [3.8, 4) is 0 Å². The highest BCUT2D eigenvalue weighted by Gasteiger charge is 2.16. The Morgan fingerprint density at radius 3 is 2.13 bits per heavy atom. The fourth-order valence-electron chi connectivity index (χ4n) is 2.26. The van der Waals surface area contributed by atoms with Crippen molar-refractivity contribution in [1.82, 2.24) is 15.5 Å². The second-order valence-electron chi connectivity index (χ2n) is 6.86. The van der Waals surface area contributed by atoms with Crippen molar-refractivity contribution >= 4 is 29.9 Å². The lowest BCUT2D eigenvalue weighted by atomic mass is 10.1. The first-order valence-electron chi connectivity index (χ1n) is 8.56. The lowest BCUT2D eigenvalue weighted by Crippen LogP contribution is -2.42. The van der Waals surface area contributed by atoms with Crippen molar-refractivity contribution in [2.45, 2.75) is 72.6 Å². The molecule has 0 unspecified atom stereocenters. The third-order valence-electron chi connectivity index (χ3n) is 3.73. The van der Waals surface area contributed by atoms with E-state index >= 15 is 0 Å². The fourth-order valence-corrected chi connectivity index (χ4v) is 2.26. The van der Waals surface area contributed by atoms with E-state index in [1.807, 2.05) is 13.8 Å². The quantitative estimate of drug-likeness (QED) is 0.236. The molecule has 23 heavy (non-hydrogen) atoms. The van der Waals surface area contributed by atoms with Gasteiger partial charge in [-0.05, 0) is 54.9 Å². The molecule has 140 valence electrons. The van der Waals surface area contributed by atoms with Crippen LogP contribution in [0.1, 0.15) is 54.9 Å². The molecule has 5 nitrogen and oxygen atoms in total. The van der Waals surface area contributed by atoms with Crippen LogP contribution in [0.15, 0.2) is 4.99 Å². The molecule has 2 N–H and O–H groups in total. The van der Waals surface area contributed by atoms with Crippen molar-refractivity contribution in [3.05, 3.63) is 0 Å². The number of hydrogen-bond acceptors (Lipinski definition) is 3. The molecule has 0 spiro atoms. The molecular formula is C17H39IN4O. The van der Waals surface area contributed by atoms with Gasteiger partial charge in [0, 0.05) is 38.8 Å². The number of guanidine groups is 1. The summed E-state index contributed by atoms with van der Waals surface area (Å²) in [6, 6.07) is 1.17. The van der Waals surface area contributed by atoms with Crippen LogP contribution < -0.4 is 10.6 Å². The summed E-state index contributed by atoms with van der Waals surface area (Å²) in [5, 5.41) is 6.69. The largest absolute Gasteiger partial charge is 0.377 e. The van der Waals surface area contributed by atoms with Crippen molar-refractivity contribution in [1.29, 1.82) is 0 Å². The number of aliphatic imine (C=N–C) groups is 1. The predicted molar refractivity (Wildman–Crippen MR) is 112 cm³/mol. The van der Waals surface area contributed by atoms with E-state index in [-0.39, 0.29) is 29.6 Å².